The normalized spacial score (nSPS) is 35.1. The van der Waals surface area contributed by atoms with Gasteiger partial charge in [0.25, 0.3) is 0 Å². The van der Waals surface area contributed by atoms with E-state index in [-0.39, 0.29) is 0 Å². The van der Waals surface area contributed by atoms with Crippen molar-refractivity contribution in [1.29, 1.82) is 0 Å². The van der Waals surface area contributed by atoms with Gasteiger partial charge in [-0.05, 0) is 58.2 Å². The highest BCUT2D eigenvalue weighted by atomic mass is 16.5. The van der Waals surface area contributed by atoms with Crippen molar-refractivity contribution in [2.45, 2.75) is 38.7 Å². The van der Waals surface area contributed by atoms with E-state index in [1.807, 2.05) is 0 Å². The van der Waals surface area contributed by atoms with Crippen molar-refractivity contribution in [2.24, 2.45) is 5.41 Å². The molecule has 0 amide bonds. The van der Waals surface area contributed by atoms with Gasteiger partial charge in [0.05, 0.1) is 12.7 Å². The van der Waals surface area contributed by atoms with E-state index in [1.54, 1.807) is 0 Å². The zero-order chi connectivity index (χ0) is 9.31. The summed E-state index contributed by atoms with van der Waals surface area (Å²) in [5.41, 5.74) is 0.555. The van der Waals surface area contributed by atoms with Gasteiger partial charge in [-0.2, -0.15) is 0 Å². The van der Waals surface area contributed by atoms with Crippen LogP contribution in [0, 0.1) is 5.41 Å². The van der Waals surface area contributed by atoms with Gasteiger partial charge in [-0.25, -0.2) is 0 Å². The summed E-state index contributed by atoms with van der Waals surface area (Å²) < 4.78 is 5.79. The molecule has 2 rings (SSSR count). The van der Waals surface area contributed by atoms with Crippen molar-refractivity contribution in [3.05, 3.63) is 0 Å². The van der Waals surface area contributed by atoms with Crippen LogP contribution in [0.2, 0.25) is 0 Å². The molecule has 2 saturated heterocycles. The third kappa shape index (κ3) is 2.05. The molecule has 0 unspecified atom stereocenters. The lowest BCUT2D eigenvalue weighted by Crippen LogP contribution is -2.44. The predicted octanol–water partition coefficient (Wildman–Crippen LogP) is 1.90. The van der Waals surface area contributed by atoms with Crippen molar-refractivity contribution in [3.63, 3.8) is 0 Å². The molecular weight excluding hydrogens is 162 g/mol. The van der Waals surface area contributed by atoms with E-state index in [0.717, 1.165) is 6.61 Å². The molecule has 0 N–H and O–H groups in total. The van der Waals surface area contributed by atoms with E-state index in [2.05, 4.69) is 18.9 Å². The number of hydrogen-bond donors (Lipinski definition) is 0. The maximum atomic E-state index is 5.79. The van der Waals surface area contributed by atoms with Crippen LogP contribution in [-0.4, -0.2) is 37.7 Å². The van der Waals surface area contributed by atoms with Crippen molar-refractivity contribution in [1.82, 2.24) is 4.90 Å². The van der Waals surface area contributed by atoms with Crippen molar-refractivity contribution in [2.75, 3.05) is 26.7 Å². The van der Waals surface area contributed by atoms with Gasteiger partial charge in [0.2, 0.25) is 0 Å². The van der Waals surface area contributed by atoms with E-state index in [0.29, 0.717) is 11.5 Å². The lowest BCUT2D eigenvalue weighted by Gasteiger charge is -2.44. The molecule has 1 atom stereocenters. The fourth-order valence-electron chi connectivity index (χ4n) is 2.47. The molecule has 2 aliphatic rings. The average molecular weight is 183 g/mol. The van der Waals surface area contributed by atoms with Crippen LogP contribution in [0.4, 0.5) is 0 Å². The summed E-state index contributed by atoms with van der Waals surface area (Å²) in [5.74, 6) is 0. The Morgan fingerprint density at radius 3 is 2.46 bits per heavy atom. The number of rotatable bonds is 0. The first-order valence-corrected chi connectivity index (χ1v) is 5.50. The van der Waals surface area contributed by atoms with Crippen LogP contribution >= 0.6 is 0 Å². The van der Waals surface area contributed by atoms with Gasteiger partial charge in [0.1, 0.15) is 0 Å². The number of ether oxygens (including phenoxy) is 1. The quantitative estimate of drug-likeness (QED) is 0.568. The Hall–Kier alpha value is -0.0800. The van der Waals surface area contributed by atoms with E-state index >= 15 is 0 Å². The first-order chi connectivity index (χ1) is 6.20. The van der Waals surface area contributed by atoms with E-state index in [4.69, 9.17) is 4.74 Å². The van der Waals surface area contributed by atoms with Crippen LogP contribution in [0.1, 0.15) is 32.6 Å². The molecule has 0 saturated carbocycles. The first-order valence-electron chi connectivity index (χ1n) is 5.50. The monoisotopic (exact) mass is 183 g/mol. The first kappa shape index (κ1) is 9.47. The summed E-state index contributed by atoms with van der Waals surface area (Å²) in [6, 6.07) is 0. The SMILES string of the molecule is C[C@@H]1CCC2(CCN(C)CC2)CO1. The van der Waals surface area contributed by atoms with E-state index in [9.17, 15) is 0 Å². The molecule has 2 nitrogen and oxygen atoms in total. The molecule has 0 bridgehead atoms. The number of piperidine rings is 1. The van der Waals surface area contributed by atoms with Crippen LogP contribution in [0.25, 0.3) is 0 Å². The molecule has 13 heavy (non-hydrogen) atoms. The fourth-order valence-corrected chi connectivity index (χ4v) is 2.47. The molecule has 0 radical (unpaired) electrons. The molecule has 0 aromatic carbocycles. The second-order valence-electron chi connectivity index (χ2n) is 4.96. The Balaban J connectivity index is 1.90. The van der Waals surface area contributed by atoms with Gasteiger partial charge < -0.3 is 9.64 Å². The van der Waals surface area contributed by atoms with Gasteiger partial charge in [0.15, 0.2) is 0 Å². The highest BCUT2D eigenvalue weighted by Gasteiger charge is 2.36. The third-order valence-electron chi connectivity index (χ3n) is 3.80. The van der Waals surface area contributed by atoms with Crippen molar-refractivity contribution < 1.29 is 4.74 Å². The van der Waals surface area contributed by atoms with Gasteiger partial charge in [-0.1, -0.05) is 0 Å². The predicted molar refractivity (Wildman–Crippen MR) is 53.8 cm³/mol. The van der Waals surface area contributed by atoms with Crippen LogP contribution in [0.5, 0.6) is 0 Å². The lowest BCUT2D eigenvalue weighted by atomic mass is 9.74. The Labute approximate surface area is 81.3 Å². The molecule has 2 aliphatic heterocycles. The van der Waals surface area contributed by atoms with Crippen LogP contribution in [-0.2, 0) is 4.74 Å². The number of likely N-dealkylation sites (tertiary alicyclic amines) is 1. The molecule has 0 aromatic heterocycles. The number of nitrogens with zero attached hydrogens (tertiary/aromatic N) is 1. The minimum atomic E-state index is 0.505. The van der Waals surface area contributed by atoms with Crippen molar-refractivity contribution >= 4 is 0 Å². The molecule has 0 aromatic rings. The Kier molecular flexibility index (Phi) is 2.61. The second-order valence-corrected chi connectivity index (χ2v) is 4.96. The summed E-state index contributed by atoms with van der Waals surface area (Å²) in [4.78, 5) is 2.43. The summed E-state index contributed by atoms with van der Waals surface area (Å²) in [7, 11) is 2.22. The average Bonchev–Trinajstić information content (AvgIpc) is 2.16. The second kappa shape index (κ2) is 3.58. The molecular formula is C11H21NO. The van der Waals surface area contributed by atoms with Gasteiger partial charge >= 0.3 is 0 Å². The highest BCUT2D eigenvalue weighted by Crippen LogP contribution is 2.39. The molecule has 2 heterocycles. The Morgan fingerprint density at radius 1 is 1.23 bits per heavy atom. The van der Waals surface area contributed by atoms with Crippen molar-refractivity contribution in [3.8, 4) is 0 Å². The van der Waals surface area contributed by atoms with Crippen LogP contribution in [0.15, 0.2) is 0 Å². The minimum Gasteiger partial charge on any atom is -0.378 e. The van der Waals surface area contributed by atoms with E-state index in [1.165, 1.54) is 38.8 Å². The topological polar surface area (TPSA) is 12.5 Å². The Morgan fingerprint density at radius 2 is 1.92 bits per heavy atom. The molecule has 2 heteroatoms. The van der Waals surface area contributed by atoms with Gasteiger partial charge in [0, 0.05) is 0 Å². The maximum Gasteiger partial charge on any atom is 0.0547 e. The zero-order valence-corrected chi connectivity index (χ0v) is 8.88. The fraction of sp³-hybridized carbons (Fsp3) is 1.00. The summed E-state index contributed by atoms with van der Waals surface area (Å²) in [6.07, 6.45) is 5.85. The lowest BCUT2D eigenvalue weighted by molar-refractivity contribution is -0.0767. The van der Waals surface area contributed by atoms with Crippen LogP contribution in [0.3, 0.4) is 0 Å². The summed E-state index contributed by atoms with van der Waals surface area (Å²) >= 11 is 0. The molecule has 2 fully saturated rings. The van der Waals surface area contributed by atoms with Gasteiger partial charge in [-0.3, -0.25) is 0 Å². The standard InChI is InChI=1S/C11H21NO/c1-10-3-4-11(9-13-10)5-7-12(2)8-6-11/h10H,3-9H2,1-2H3/t10-/m1/s1. The molecule has 1 spiro atoms. The van der Waals surface area contributed by atoms with E-state index < -0.39 is 0 Å². The van der Waals surface area contributed by atoms with Crippen LogP contribution < -0.4 is 0 Å². The summed E-state index contributed by atoms with van der Waals surface area (Å²) in [6.45, 7) is 5.74. The third-order valence-corrected chi connectivity index (χ3v) is 3.80. The highest BCUT2D eigenvalue weighted by molar-refractivity contribution is 4.88. The van der Waals surface area contributed by atoms with Gasteiger partial charge in [-0.15, -0.1) is 0 Å². The largest absolute Gasteiger partial charge is 0.378 e. The summed E-state index contributed by atoms with van der Waals surface area (Å²) in [5, 5.41) is 0. The minimum absolute atomic E-state index is 0.505. The molecule has 76 valence electrons. The zero-order valence-electron chi connectivity index (χ0n) is 8.88. The number of hydrogen-bond acceptors (Lipinski definition) is 2. The maximum absolute atomic E-state index is 5.79. The molecule has 0 aliphatic carbocycles. The Bertz CT molecular complexity index is 141. The smallest absolute Gasteiger partial charge is 0.0547 e.